The summed E-state index contributed by atoms with van der Waals surface area (Å²) in [6.07, 6.45) is 0. The zero-order valence-corrected chi connectivity index (χ0v) is 9.50. The van der Waals surface area contributed by atoms with Gasteiger partial charge in [0.1, 0.15) is 5.75 Å². The van der Waals surface area contributed by atoms with Gasteiger partial charge in [-0.2, -0.15) is 0 Å². The fourth-order valence-electron chi connectivity index (χ4n) is 1.08. The molecule has 5 heteroatoms. The van der Waals surface area contributed by atoms with Crippen LogP contribution < -0.4 is 4.74 Å². The first-order valence-corrected chi connectivity index (χ1v) is 5.08. The summed E-state index contributed by atoms with van der Waals surface area (Å²) in [5.74, 6) is -0.448. The average Bonchev–Trinajstić information content (AvgIpc) is 2.27. The third kappa shape index (κ3) is 3.01. The van der Waals surface area contributed by atoms with E-state index in [0.717, 1.165) is 0 Å². The lowest BCUT2D eigenvalue weighted by molar-refractivity contribution is -0.136. The van der Waals surface area contributed by atoms with Crippen molar-refractivity contribution in [1.82, 2.24) is 0 Å². The second-order valence-corrected chi connectivity index (χ2v) is 3.86. The highest BCUT2D eigenvalue weighted by molar-refractivity contribution is 6.36. The molecule has 15 heavy (non-hydrogen) atoms. The number of alkyl halides is 2. The van der Waals surface area contributed by atoms with E-state index in [0.29, 0.717) is 11.3 Å². The second-order valence-electron chi connectivity index (χ2n) is 2.91. The molecule has 0 radical (unpaired) electrons. The van der Waals surface area contributed by atoms with Crippen molar-refractivity contribution in [1.29, 1.82) is 0 Å². The number of carboxylic acids is 1. The van der Waals surface area contributed by atoms with Crippen LogP contribution in [0.25, 0.3) is 0 Å². The number of hydrogen-bond donors (Lipinski definition) is 1. The van der Waals surface area contributed by atoms with Gasteiger partial charge in [-0.05, 0) is 17.7 Å². The van der Waals surface area contributed by atoms with Gasteiger partial charge in [0, 0.05) is 0 Å². The number of benzene rings is 1. The van der Waals surface area contributed by atoms with Crippen LogP contribution in [0.5, 0.6) is 5.75 Å². The van der Waals surface area contributed by atoms with Crippen LogP contribution in [-0.4, -0.2) is 23.6 Å². The van der Waals surface area contributed by atoms with Crippen molar-refractivity contribution in [2.75, 3.05) is 7.11 Å². The summed E-state index contributed by atoms with van der Waals surface area (Å²) in [4.78, 5) is 10.6. The summed E-state index contributed by atoms with van der Waals surface area (Å²) >= 11 is 11.5. The second kappa shape index (κ2) is 5.24. The fraction of sp³-hybridized carbons (Fsp3) is 0.300. The Kier molecular flexibility index (Phi) is 4.24. The number of rotatable bonds is 4. The van der Waals surface area contributed by atoms with Gasteiger partial charge >= 0.3 is 5.97 Å². The fourth-order valence-corrected chi connectivity index (χ4v) is 1.48. The lowest BCUT2D eigenvalue weighted by Gasteiger charge is -2.12. The van der Waals surface area contributed by atoms with Crippen LogP contribution in [0.4, 0.5) is 0 Å². The summed E-state index contributed by atoms with van der Waals surface area (Å²) < 4.78 is 4.96. The minimum Gasteiger partial charge on any atom is -0.497 e. The molecular formula is C10H10Cl2O3. The zero-order chi connectivity index (χ0) is 11.4. The smallest absolute Gasteiger partial charge is 0.323 e. The molecule has 1 rings (SSSR count). The number of aliphatic carboxylic acids is 1. The quantitative estimate of drug-likeness (QED) is 0.834. The van der Waals surface area contributed by atoms with Gasteiger partial charge in [0.25, 0.3) is 0 Å². The molecule has 0 amide bonds. The number of hydrogen-bond acceptors (Lipinski definition) is 2. The molecule has 1 aromatic rings. The molecule has 0 fully saturated rings. The number of carbonyl (C=O) groups is 1. The van der Waals surface area contributed by atoms with Crippen LogP contribution >= 0.6 is 23.2 Å². The average molecular weight is 249 g/mol. The van der Waals surface area contributed by atoms with E-state index >= 15 is 0 Å². The molecular weight excluding hydrogens is 239 g/mol. The largest absolute Gasteiger partial charge is 0.497 e. The van der Waals surface area contributed by atoms with Crippen molar-refractivity contribution >= 4 is 29.2 Å². The Balaban J connectivity index is 2.82. The lowest BCUT2D eigenvalue weighted by atomic mass is 10.1. The van der Waals surface area contributed by atoms with Crippen molar-refractivity contribution in [3.63, 3.8) is 0 Å². The molecule has 0 heterocycles. The molecule has 82 valence electrons. The number of halogens is 2. The van der Waals surface area contributed by atoms with Gasteiger partial charge in [-0.25, -0.2) is 0 Å². The molecule has 3 nitrogen and oxygen atoms in total. The first-order chi connectivity index (χ1) is 7.06. The van der Waals surface area contributed by atoms with Crippen molar-refractivity contribution in [3.8, 4) is 5.75 Å². The van der Waals surface area contributed by atoms with E-state index in [1.165, 1.54) is 0 Å². The maximum atomic E-state index is 10.6. The Morgan fingerprint density at radius 2 is 1.87 bits per heavy atom. The SMILES string of the molecule is COc1ccc(C(Cl)C(Cl)C(=O)O)cc1. The molecule has 0 saturated carbocycles. The number of carboxylic acid groups (broad SMARTS) is 1. The number of ether oxygens (including phenoxy) is 1. The summed E-state index contributed by atoms with van der Waals surface area (Å²) in [5.41, 5.74) is 0.653. The van der Waals surface area contributed by atoms with E-state index in [4.69, 9.17) is 33.0 Å². The summed E-state index contributed by atoms with van der Waals surface area (Å²) in [6.45, 7) is 0. The lowest BCUT2D eigenvalue weighted by Crippen LogP contribution is -2.18. The molecule has 1 N–H and O–H groups in total. The van der Waals surface area contributed by atoms with E-state index in [9.17, 15) is 4.79 Å². The molecule has 0 aliphatic heterocycles. The first kappa shape index (κ1) is 12.1. The zero-order valence-electron chi connectivity index (χ0n) is 7.98. The van der Waals surface area contributed by atoms with Gasteiger partial charge in [-0.3, -0.25) is 4.79 Å². The van der Waals surface area contributed by atoms with Gasteiger partial charge in [-0.1, -0.05) is 12.1 Å². The predicted octanol–water partition coefficient (Wildman–Crippen LogP) is 2.67. The molecule has 0 aromatic heterocycles. The summed E-state index contributed by atoms with van der Waals surface area (Å²) in [5, 5.41) is 6.78. The topological polar surface area (TPSA) is 46.5 Å². The molecule has 0 aliphatic carbocycles. The highest BCUT2D eigenvalue weighted by Gasteiger charge is 2.25. The normalized spacial score (nSPS) is 14.3. The van der Waals surface area contributed by atoms with E-state index in [2.05, 4.69) is 0 Å². The van der Waals surface area contributed by atoms with Gasteiger partial charge in [0.15, 0.2) is 5.38 Å². The Morgan fingerprint density at radius 3 is 2.27 bits per heavy atom. The molecule has 2 atom stereocenters. The van der Waals surface area contributed by atoms with Gasteiger partial charge in [0.2, 0.25) is 0 Å². The standard InChI is InChI=1S/C10H10Cl2O3/c1-15-7-4-2-6(3-5-7)8(11)9(12)10(13)14/h2-5,8-9H,1H3,(H,13,14). The Labute approximate surface area is 97.6 Å². The van der Waals surface area contributed by atoms with Crippen LogP contribution in [0.15, 0.2) is 24.3 Å². The molecule has 0 bridgehead atoms. The highest BCUT2D eigenvalue weighted by Crippen LogP contribution is 2.29. The highest BCUT2D eigenvalue weighted by atomic mass is 35.5. The van der Waals surface area contributed by atoms with E-state index in [1.54, 1.807) is 31.4 Å². The Morgan fingerprint density at radius 1 is 1.33 bits per heavy atom. The minimum absolute atomic E-state index is 0.653. The van der Waals surface area contributed by atoms with Crippen molar-refractivity contribution in [2.45, 2.75) is 10.8 Å². The van der Waals surface area contributed by atoms with Gasteiger partial charge in [-0.15, -0.1) is 23.2 Å². The molecule has 2 unspecified atom stereocenters. The first-order valence-electron chi connectivity index (χ1n) is 4.21. The minimum atomic E-state index is -1.14. The summed E-state index contributed by atoms with van der Waals surface area (Å²) in [6, 6.07) is 6.79. The van der Waals surface area contributed by atoms with Crippen molar-refractivity contribution < 1.29 is 14.6 Å². The Hall–Kier alpha value is -0.930. The monoisotopic (exact) mass is 248 g/mol. The van der Waals surface area contributed by atoms with E-state index in [1.807, 2.05) is 0 Å². The van der Waals surface area contributed by atoms with Crippen molar-refractivity contribution in [3.05, 3.63) is 29.8 Å². The third-order valence-electron chi connectivity index (χ3n) is 1.93. The third-order valence-corrected chi connectivity index (χ3v) is 3.00. The van der Waals surface area contributed by atoms with Crippen LogP contribution in [0.3, 0.4) is 0 Å². The van der Waals surface area contributed by atoms with Crippen molar-refractivity contribution in [2.24, 2.45) is 0 Å². The van der Waals surface area contributed by atoms with Crippen LogP contribution in [0.1, 0.15) is 10.9 Å². The summed E-state index contributed by atoms with van der Waals surface area (Å²) in [7, 11) is 1.55. The molecule has 0 spiro atoms. The Bertz CT molecular complexity index is 337. The van der Waals surface area contributed by atoms with Crippen LogP contribution in [0.2, 0.25) is 0 Å². The maximum absolute atomic E-state index is 10.6. The van der Waals surface area contributed by atoms with Crippen LogP contribution in [-0.2, 0) is 4.79 Å². The van der Waals surface area contributed by atoms with Gasteiger partial charge < -0.3 is 9.84 Å². The molecule has 0 saturated heterocycles. The number of methoxy groups -OCH3 is 1. The maximum Gasteiger partial charge on any atom is 0.323 e. The van der Waals surface area contributed by atoms with Gasteiger partial charge in [0.05, 0.1) is 12.5 Å². The molecule has 1 aromatic carbocycles. The van der Waals surface area contributed by atoms with Crippen LogP contribution in [0, 0.1) is 0 Å². The van der Waals surface area contributed by atoms with E-state index in [-0.39, 0.29) is 0 Å². The molecule has 0 aliphatic rings. The van der Waals surface area contributed by atoms with E-state index < -0.39 is 16.7 Å². The predicted molar refractivity (Wildman–Crippen MR) is 58.9 cm³/mol.